The van der Waals surface area contributed by atoms with Crippen LogP contribution in [0.5, 0.6) is 5.88 Å². The van der Waals surface area contributed by atoms with Gasteiger partial charge in [-0.15, -0.1) is 6.58 Å². The van der Waals surface area contributed by atoms with Crippen LogP contribution in [0.1, 0.15) is 91.2 Å². The van der Waals surface area contributed by atoms with Gasteiger partial charge < -0.3 is 25.0 Å². The average Bonchev–Trinajstić information content (AvgIpc) is 4.04. The minimum Gasteiger partial charge on any atom is -0.471 e. The molecule has 1 aromatic carbocycles. The summed E-state index contributed by atoms with van der Waals surface area (Å²) in [6.45, 7) is 11.1. The lowest BCUT2D eigenvalue weighted by molar-refractivity contribution is -0.143. The topological polar surface area (TPSA) is 186 Å². The molecule has 0 unspecified atom stereocenters. The highest BCUT2D eigenvalue weighted by Gasteiger charge is 2.62. The number of aryl methyl sites for hydroxylation is 1. The molecule has 2 aromatic rings. The van der Waals surface area contributed by atoms with Gasteiger partial charge in [-0.3, -0.25) is 19.1 Å². The molecule has 1 aromatic heterocycles. The van der Waals surface area contributed by atoms with Crippen molar-refractivity contribution in [1.82, 2.24) is 30.2 Å². The Hall–Kier alpha value is -4.27. The molecule has 1 saturated heterocycles. The minimum atomic E-state index is -3.89. The lowest BCUT2D eigenvalue weighted by Crippen LogP contribution is -2.60. The number of aromatic nitrogens is 2. The van der Waals surface area contributed by atoms with Crippen LogP contribution in [0.25, 0.3) is 11.0 Å². The minimum absolute atomic E-state index is 0.0197. The zero-order valence-corrected chi connectivity index (χ0v) is 31.7. The van der Waals surface area contributed by atoms with Crippen molar-refractivity contribution in [2.24, 2.45) is 17.3 Å². The number of nitrogens with zero attached hydrogens (tertiary/aromatic N) is 3. The monoisotopic (exact) mass is 750 g/mol. The predicted molar refractivity (Wildman–Crippen MR) is 195 cm³/mol. The van der Waals surface area contributed by atoms with Crippen LogP contribution in [0.3, 0.4) is 0 Å². The van der Waals surface area contributed by atoms with Gasteiger partial charge in [0.15, 0.2) is 0 Å². The van der Waals surface area contributed by atoms with Gasteiger partial charge in [-0.1, -0.05) is 51.8 Å². The Morgan fingerprint density at radius 1 is 1.06 bits per heavy atom. The zero-order chi connectivity index (χ0) is 37.9. The second-order valence-corrected chi connectivity index (χ2v) is 18.7. The van der Waals surface area contributed by atoms with Crippen LogP contribution in [0.15, 0.2) is 36.9 Å². The van der Waals surface area contributed by atoms with Gasteiger partial charge >= 0.3 is 6.09 Å². The largest absolute Gasteiger partial charge is 0.471 e. The fraction of sp³-hybridized carbons (Fsp3) is 0.632. The van der Waals surface area contributed by atoms with Crippen molar-refractivity contribution in [2.45, 2.75) is 126 Å². The van der Waals surface area contributed by atoms with E-state index in [1.54, 1.807) is 0 Å². The van der Waals surface area contributed by atoms with Crippen LogP contribution in [-0.2, 0) is 35.6 Å². The first kappa shape index (κ1) is 37.1. The Kier molecular flexibility index (Phi) is 9.47. The van der Waals surface area contributed by atoms with E-state index in [2.05, 4.69) is 21.9 Å². The molecule has 5 aliphatic rings. The zero-order valence-electron chi connectivity index (χ0n) is 30.9. The van der Waals surface area contributed by atoms with Gasteiger partial charge in [-0.25, -0.2) is 23.2 Å². The molecule has 15 heteroatoms. The van der Waals surface area contributed by atoms with Gasteiger partial charge in [0.2, 0.25) is 27.7 Å². The summed E-state index contributed by atoms with van der Waals surface area (Å²) < 4.78 is 40.1. The van der Waals surface area contributed by atoms with Gasteiger partial charge in [0, 0.05) is 18.3 Å². The van der Waals surface area contributed by atoms with Crippen molar-refractivity contribution in [1.29, 1.82) is 0 Å². The SMILES string of the molecule is C=C[C@@H]1C[C@]1(NC(=O)[C@@H]1C[C@@H]2CN1C(=O)[C@H](C(C)(C)C)NC(=O)O[C@@]1(C)C[C@@H]1CCCCCc1nc3ccccc3nc1O2)C(=O)NS(=O)(=O)C1CC1. The summed E-state index contributed by atoms with van der Waals surface area (Å²) in [7, 11) is -3.89. The summed E-state index contributed by atoms with van der Waals surface area (Å²) in [5.41, 5.74) is -0.883. The fourth-order valence-corrected chi connectivity index (χ4v) is 9.19. The number of para-hydroxylation sites is 2. The number of benzene rings is 1. The molecule has 4 fully saturated rings. The lowest BCUT2D eigenvalue weighted by atomic mass is 9.85. The molecule has 3 heterocycles. The summed E-state index contributed by atoms with van der Waals surface area (Å²) >= 11 is 0. The number of amides is 4. The van der Waals surface area contributed by atoms with E-state index in [4.69, 9.17) is 19.4 Å². The maximum atomic E-state index is 14.6. The maximum Gasteiger partial charge on any atom is 0.408 e. The van der Waals surface area contributed by atoms with Gasteiger partial charge in [-0.05, 0) is 69.4 Å². The second kappa shape index (κ2) is 13.5. The molecule has 3 saturated carbocycles. The quantitative estimate of drug-likeness (QED) is 0.368. The molecule has 7 atom stereocenters. The lowest BCUT2D eigenvalue weighted by Gasteiger charge is -2.35. The van der Waals surface area contributed by atoms with E-state index in [0.29, 0.717) is 36.4 Å². The molecule has 4 amide bonds. The number of alkyl carbamates (subject to hydrolysis) is 1. The first-order valence-electron chi connectivity index (χ1n) is 18.8. The molecule has 0 radical (unpaired) electrons. The van der Waals surface area contributed by atoms with Crippen molar-refractivity contribution in [3.05, 3.63) is 42.6 Å². The van der Waals surface area contributed by atoms with Crippen molar-refractivity contribution in [3.8, 4) is 5.88 Å². The van der Waals surface area contributed by atoms with Crippen molar-refractivity contribution in [2.75, 3.05) is 6.54 Å². The highest BCUT2D eigenvalue weighted by atomic mass is 32.2. The third-order valence-corrected chi connectivity index (χ3v) is 13.3. The van der Waals surface area contributed by atoms with Crippen molar-refractivity contribution >= 4 is 44.9 Å². The molecule has 7 rings (SSSR count). The van der Waals surface area contributed by atoms with Gasteiger partial charge in [0.1, 0.15) is 35.0 Å². The molecule has 14 nitrogen and oxygen atoms in total. The average molecular weight is 751 g/mol. The number of nitrogens with one attached hydrogen (secondary N) is 3. The Bertz CT molecular complexity index is 1950. The van der Waals surface area contributed by atoms with E-state index in [9.17, 15) is 27.6 Å². The number of carbonyl (C=O) groups is 4. The van der Waals surface area contributed by atoms with Crippen LogP contribution in [0, 0.1) is 17.3 Å². The van der Waals surface area contributed by atoms with Gasteiger partial charge in [0.05, 0.1) is 22.8 Å². The maximum absolute atomic E-state index is 14.6. The number of hydrogen-bond donors (Lipinski definition) is 3. The van der Waals surface area contributed by atoms with E-state index >= 15 is 0 Å². The summed E-state index contributed by atoms with van der Waals surface area (Å²) in [4.78, 5) is 67.0. The smallest absolute Gasteiger partial charge is 0.408 e. The Morgan fingerprint density at radius 3 is 2.43 bits per heavy atom. The second-order valence-electron chi connectivity index (χ2n) is 16.8. The molecule has 3 aliphatic carbocycles. The first-order chi connectivity index (χ1) is 25.0. The van der Waals surface area contributed by atoms with Crippen LogP contribution in [0.2, 0.25) is 0 Å². The number of sulfonamides is 1. The highest BCUT2D eigenvalue weighted by molar-refractivity contribution is 7.91. The molecule has 2 bridgehead atoms. The third-order valence-electron chi connectivity index (χ3n) is 11.5. The van der Waals surface area contributed by atoms with Gasteiger partial charge in [0.25, 0.3) is 5.91 Å². The van der Waals surface area contributed by atoms with E-state index in [1.807, 2.05) is 52.0 Å². The summed E-state index contributed by atoms with van der Waals surface area (Å²) in [5.74, 6) is -1.95. The molecule has 2 aliphatic heterocycles. The normalized spacial score (nSPS) is 32.1. The molecular weight excluding hydrogens is 701 g/mol. The Labute approximate surface area is 310 Å². The summed E-state index contributed by atoms with van der Waals surface area (Å²) in [6.07, 6.45) is 6.24. The molecule has 3 N–H and O–H groups in total. The highest BCUT2D eigenvalue weighted by Crippen LogP contribution is 2.50. The Morgan fingerprint density at radius 2 is 1.77 bits per heavy atom. The molecule has 286 valence electrons. The first-order valence-corrected chi connectivity index (χ1v) is 20.3. The van der Waals surface area contributed by atoms with Crippen LogP contribution in [0.4, 0.5) is 4.79 Å². The van der Waals surface area contributed by atoms with Gasteiger partial charge in [-0.2, -0.15) is 0 Å². The number of rotatable bonds is 6. The van der Waals surface area contributed by atoms with E-state index in [0.717, 1.165) is 37.6 Å². The number of fused-ring (bicyclic) bond motifs is 5. The van der Waals surface area contributed by atoms with Crippen LogP contribution < -0.4 is 20.1 Å². The number of ether oxygens (including phenoxy) is 2. The van der Waals surface area contributed by atoms with Crippen LogP contribution in [-0.4, -0.2) is 88.2 Å². The summed E-state index contributed by atoms with van der Waals surface area (Å²) in [6, 6.07) is 5.31. The number of carbonyl (C=O) groups excluding carboxylic acids is 4. The summed E-state index contributed by atoms with van der Waals surface area (Å²) in [5, 5.41) is 5.00. The molecular formula is C38H50N6O8S. The third kappa shape index (κ3) is 7.58. The predicted octanol–water partition coefficient (Wildman–Crippen LogP) is 3.68. The number of hydrogen-bond acceptors (Lipinski definition) is 10. The standard InChI is InChI=1S/C38H50N6O8S/c1-6-22-20-38(22,34(47)43-53(49,50)25-16-17-25)42-31(45)29-18-24-21-44(29)33(46)30(36(2,3)4)41-35(48)52-37(5)19-23(37)12-8-7-9-15-28-32(51-24)40-27-14-11-10-13-26(27)39-28/h6,10-11,13-14,22-25,29-30H,1,7-9,12,15-21H2,2-5H3,(H,41,48)(H,42,45)(H,43,47)/t22-,23+,24-,29+,30-,37+,38-/m1/s1. The van der Waals surface area contributed by atoms with E-state index in [-0.39, 0.29) is 25.3 Å². The van der Waals surface area contributed by atoms with E-state index < -0.39 is 79.7 Å². The Balaban J connectivity index is 1.21. The fourth-order valence-electron chi connectivity index (χ4n) is 7.83. The van der Waals surface area contributed by atoms with Crippen LogP contribution >= 0.6 is 0 Å². The molecule has 53 heavy (non-hydrogen) atoms. The molecule has 0 spiro atoms. The van der Waals surface area contributed by atoms with Crippen molar-refractivity contribution < 1.29 is 37.1 Å². The van der Waals surface area contributed by atoms with E-state index in [1.165, 1.54) is 11.0 Å². The van der Waals surface area contributed by atoms with Crippen molar-refractivity contribution in [3.63, 3.8) is 0 Å².